The van der Waals surface area contributed by atoms with Crippen LogP contribution in [0.25, 0.3) is 0 Å². The maximum absolute atomic E-state index is 12.7. The van der Waals surface area contributed by atoms with Gasteiger partial charge >= 0.3 is 17.9 Å². The number of hydrogen-bond acceptors (Lipinski definition) is 6. The topological polar surface area (TPSA) is 78.9 Å². The molecule has 0 aliphatic carbocycles. The summed E-state index contributed by atoms with van der Waals surface area (Å²) in [5.74, 6) is -1.16. The van der Waals surface area contributed by atoms with Crippen molar-refractivity contribution in [3.05, 3.63) is 122 Å². The van der Waals surface area contributed by atoms with Crippen molar-refractivity contribution >= 4 is 17.9 Å². The second-order valence-electron chi connectivity index (χ2n) is 15.7. The molecule has 0 spiro atoms. The molecular weight excluding hydrogens is 769 g/mol. The SMILES string of the molecule is CC/C=C\C/C=C\C/C=C\CC(=O)OCC(COC(=O)CCCCCCC\C=C/C=C\C=C/CCCCCCC)OC(=O)CCC/C=C\C/C=C\C/C=C\C/C=C\CCCCC. The van der Waals surface area contributed by atoms with Gasteiger partial charge in [0, 0.05) is 12.8 Å². The Balaban J connectivity index is 4.55. The van der Waals surface area contributed by atoms with Gasteiger partial charge in [0.05, 0.1) is 6.42 Å². The summed E-state index contributed by atoms with van der Waals surface area (Å²) >= 11 is 0. The molecule has 0 aromatic rings. The number of allylic oxidation sites excluding steroid dienone is 19. The smallest absolute Gasteiger partial charge is 0.309 e. The fourth-order valence-corrected chi connectivity index (χ4v) is 6.08. The molecule has 348 valence electrons. The van der Waals surface area contributed by atoms with Gasteiger partial charge in [0.15, 0.2) is 6.10 Å². The number of ether oxygens (including phenoxy) is 3. The van der Waals surface area contributed by atoms with Gasteiger partial charge < -0.3 is 14.2 Å². The Morgan fingerprint density at radius 2 is 0.774 bits per heavy atom. The van der Waals surface area contributed by atoms with E-state index in [0.29, 0.717) is 12.8 Å². The van der Waals surface area contributed by atoms with E-state index in [0.717, 1.165) is 89.9 Å². The maximum Gasteiger partial charge on any atom is 0.309 e. The summed E-state index contributed by atoms with van der Waals surface area (Å²) in [7, 11) is 0. The average molecular weight is 857 g/mol. The van der Waals surface area contributed by atoms with Crippen LogP contribution in [0.2, 0.25) is 0 Å². The van der Waals surface area contributed by atoms with Gasteiger partial charge in [-0.25, -0.2) is 0 Å². The first-order valence-electron chi connectivity index (χ1n) is 24.6. The van der Waals surface area contributed by atoms with Crippen molar-refractivity contribution in [2.75, 3.05) is 13.2 Å². The molecular formula is C56H88O6. The van der Waals surface area contributed by atoms with Crippen molar-refractivity contribution in [3.63, 3.8) is 0 Å². The monoisotopic (exact) mass is 857 g/mol. The van der Waals surface area contributed by atoms with Crippen LogP contribution in [-0.4, -0.2) is 37.2 Å². The number of rotatable bonds is 42. The maximum atomic E-state index is 12.7. The van der Waals surface area contributed by atoms with Crippen LogP contribution in [0.1, 0.15) is 194 Å². The van der Waals surface area contributed by atoms with Crippen LogP contribution in [0.4, 0.5) is 0 Å². The molecule has 0 rings (SSSR count). The van der Waals surface area contributed by atoms with E-state index in [9.17, 15) is 14.4 Å². The van der Waals surface area contributed by atoms with E-state index >= 15 is 0 Å². The summed E-state index contributed by atoms with van der Waals surface area (Å²) in [6, 6.07) is 0. The molecule has 0 aromatic carbocycles. The lowest BCUT2D eigenvalue weighted by molar-refractivity contribution is -0.166. The molecule has 0 aliphatic rings. The van der Waals surface area contributed by atoms with Crippen molar-refractivity contribution in [1.82, 2.24) is 0 Å². The third-order valence-corrected chi connectivity index (χ3v) is 9.76. The Labute approximate surface area is 380 Å². The van der Waals surface area contributed by atoms with Gasteiger partial charge in [0.25, 0.3) is 0 Å². The molecule has 0 aliphatic heterocycles. The number of esters is 3. The van der Waals surface area contributed by atoms with Crippen LogP contribution in [0.5, 0.6) is 0 Å². The van der Waals surface area contributed by atoms with Crippen LogP contribution < -0.4 is 0 Å². The van der Waals surface area contributed by atoms with Gasteiger partial charge in [-0.1, -0.05) is 200 Å². The van der Waals surface area contributed by atoms with Gasteiger partial charge in [0.2, 0.25) is 0 Å². The van der Waals surface area contributed by atoms with Crippen molar-refractivity contribution < 1.29 is 28.6 Å². The molecule has 0 bridgehead atoms. The lowest BCUT2D eigenvalue weighted by atomic mass is 10.1. The molecule has 0 radical (unpaired) electrons. The average Bonchev–Trinajstić information content (AvgIpc) is 3.27. The molecule has 62 heavy (non-hydrogen) atoms. The molecule has 6 nitrogen and oxygen atoms in total. The van der Waals surface area contributed by atoms with E-state index in [2.05, 4.69) is 130 Å². The first-order chi connectivity index (χ1) is 30.5. The van der Waals surface area contributed by atoms with E-state index in [1.807, 2.05) is 6.08 Å². The van der Waals surface area contributed by atoms with Crippen molar-refractivity contribution in [2.45, 2.75) is 200 Å². The van der Waals surface area contributed by atoms with Crippen molar-refractivity contribution in [3.8, 4) is 0 Å². The van der Waals surface area contributed by atoms with E-state index in [4.69, 9.17) is 14.2 Å². The molecule has 0 amide bonds. The van der Waals surface area contributed by atoms with Crippen LogP contribution in [-0.2, 0) is 28.6 Å². The summed E-state index contributed by atoms with van der Waals surface area (Å²) in [5, 5.41) is 0. The predicted octanol–water partition coefficient (Wildman–Crippen LogP) is 16.1. The quantitative estimate of drug-likeness (QED) is 0.0200. The largest absolute Gasteiger partial charge is 0.462 e. The zero-order chi connectivity index (χ0) is 45.1. The molecule has 1 unspecified atom stereocenters. The van der Waals surface area contributed by atoms with Crippen LogP contribution in [0.3, 0.4) is 0 Å². The molecule has 1 atom stereocenters. The fourth-order valence-electron chi connectivity index (χ4n) is 6.08. The van der Waals surface area contributed by atoms with Crippen molar-refractivity contribution in [2.24, 2.45) is 0 Å². The van der Waals surface area contributed by atoms with Gasteiger partial charge in [-0.15, -0.1) is 0 Å². The highest BCUT2D eigenvalue weighted by Gasteiger charge is 2.19. The predicted molar refractivity (Wildman–Crippen MR) is 265 cm³/mol. The second-order valence-corrected chi connectivity index (χ2v) is 15.7. The van der Waals surface area contributed by atoms with Gasteiger partial charge in [-0.2, -0.15) is 0 Å². The van der Waals surface area contributed by atoms with Crippen LogP contribution in [0, 0.1) is 0 Å². The summed E-state index contributed by atoms with van der Waals surface area (Å²) in [4.78, 5) is 37.7. The van der Waals surface area contributed by atoms with E-state index < -0.39 is 18.0 Å². The highest BCUT2D eigenvalue weighted by molar-refractivity contribution is 5.72. The highest BCUT2D eigenvalue weighted by atomic mass is 16.6. The standard InChI is InChI=1S/C56H88O6/c1-4-7-10-13-16-19-21-23-25-27-29-30-32-34-37-40-43-46-49-55(58)61-52-53(51-60-54(57)48-45-42-39-36-18-15-12-9-6-3)62-56(59)50-47-44-41-38-35-33-31-28-26-24-22-20-17-14-11-8-5-2/h9,12,17-18,20-21,23-27,29-31,33,36,38,41-42,45,53H,4-8,10-11,13-16,19,22,28,32,34-35,37,39-40,43-44,46-52H2,1-3H3/b12-9-,20-17-,23-21-,26-24-,27-25-,30-29-,33-31-,36-18-,41-38-,45-42-. The normalized spacial score (nSPS) is 13.1. The van der Waals surface area contributed by atoms with Gasteiger partial charge in [-0.05, 0) is 96.3 Å². The Bertz CT molecular complexity index is 1350. The van der Waals surface area contributed by atoms with Gasteiger partial charge in [-0.3, -0.25) is 14.4 Å². The third-order valence-electron chi connectivity index (χ3n) is 9.76. The Morgan fingerprint density at radius 3 is 1.34 bits per heavy atom. The first kappa shape index (κ1) is 57.8. The molecule has 0 saturated heterocycles. The third kappa shape index (κ3) is 46.9. The number of unbranched alkanes of at least 4 members (excludes halogenated alkanes) is 14. The van der Waals surface area contributed by atoms with Crippen LogP contribution >= 0.6 is 0 Å². The van der Waals surface area contributed by atoms with E-state index in [-0.39, 0.29) is 32.0 Å². The number of carbonyl (C=O) groups excluding carboxylic acids is 3. The van der Waals surface area contributed by atoms with E-state index in [1.54, 1.807) is 6.08 Å². The number of hydrogen-bond donors (Lipinski definition) is 0. The summed E-state index contributed by atoms with van der Waals surface area (Å²) in [6.45, 7) is 6.28. The fraction of sp³-hybridized carbons (Fsp3) is 0.589. The Kier molecular flexibility index (Phi) is 46.1. The minimum atomic E-state index is -0.853. The zero-order valence-electron chi connectivity index (χ0n) is 39.6. The Morgan fingerprint density at radius 1 is 0.371 bits per heavy atom. The van der Waals surface area contributed by atoms with Crippen molar-refractivity contribution in [1.29, 1.82) is 0 Å². The van der Waals surface area contributed by atoms with Crippen LogP contribution in [0.15, 0.2) is 122 Å². The second kappa shape index (κ2) is 49.5. The molecule has 0 N–H and O–H groups in total. The first-order valence-corrected chi connectivity index (χ1v) is 24.6. The minimum Gasteiger partial charge on any atom is -0.462 e. The molecule has 0 fully saturated rings. The molecule has 0 heterocycles. The summed E-state index contributed by atoms with van der Waals surface area (Å²) in [5.41, 5.74) is 0. The summed E-state index contributed by atoms with van der Waals surface area (Å²) < 4.78 is 16.6. The van der Waals surface area contributed by atoms with Gasteiger partial charge in [0.1, 0.15) is 13.2 Å². The minimum absolute atomic E-state index is 0.114. The zero-order valence-corrected chi connectivity index (χ0v) is 39.6. The summed E-state index contributed by atoms with van der Waals surface area (Å²) in [6.07, 6.45) is 67.9. The lowest BCUT2D eigenvalue weighted by Gasteiger charge is -2.18. The molecule has 0 aromatic heterocycles. The lowest BCUT2D eigenvalue weighted by Crippen LogP contribution is -2.30. The number of carbonyl (C=O) groups is 3. The molecule has 0 saturated carbocycles. The molecule has 6 heteroatoms. The Hall–Kier alpha value is -4.19. The van der Waals surface area contributed by atoms with E-state index in [1.165, 1.54) is 57.8 Å². The highest BCUT2D eigenvalue weighted by Crippen LogP contribution is 2.11.